The minimum atomic E-state index is -0.269. The Labute approximate surface area is 110 Å². The van der Waals surface area contributed by atoms with Crippen LogP contribution in [0.3, 0.4) is 0 Å². The van der Waals surface area contributed by atoms with Crippen LogP contribution in [-0.4, -0.2) is 11.1 Å². The number of hydrogen-bond donors (Lipinski definition) is 1. The van der Waals surface area contributed by atoms with E-state index in [1.54, 1.807) is 25.1 Å². The van der Waals surface area contributed by atoms with Crippen molar-refractivity contribution >= 4 is 5.91 Å². The topological polar surface area (TPSA) is 55.1 Å². The molecule has 0 radical (unpaired) electrons. The molecule has 0 aliphatic carbocycles. The number of rotatable bonds is 5. The summed E-state index contributed by atoms with van der Waals surface area (Å²) in [5.74, 6) is 0.384. The summed E-state index contributed by atoms with van der Waals surface area (Å²) in [6.45, 7) is 2.16. The molecule has 4 nitrogen and oxygen atoms in total. The van der Waals surface area contributed by atoms with E-state index in [-0.39, 0.29) is 11.7 Å². The second-order valence-electron chi connectivity index (χ2n) is 4.33. The van der Waals surface area contributed by atoms with Gasteiger partial charge in [0.15, 0.2) is 0 Å². The molecule has 0 fully saturated rings. The lowest BCUT2D eigenvalue weighted by Gasteiger charge is -2.03. The van der Waals surface area contributed by atoms with Crippen molar-refractivity contribution in [3.05, 3.63) is 53.2 Å². The predicted molar refractivity (Wildman–Crippen MR) is 67.8 cm³/mol. The number of aryl methyl sites for hydroxylation is 2. The van der Waals surface area contributed by atoms with Crippen LogP contribution in [0.15, 0.2) is 34.9 Å². The Kier molecular flexibility index (Phi) is 4.28. The van der Waals surface area contributed by atoms with Crippen molar-refractivity contribution in [2.45, 2.75) is 26.3 Å². The zero-order valence-electron chi connectivity index (χ0n) is 10.6. The van der Waals surface area contributed by atoms with Crippen LogP contribution in [0.5, 0.6) is 0 Å². The molecule has 0 saturated heterocycles. The SMILES string of the molecule is Cc1cc(CNC(=O)CCc2ccc(F)cc2)no1. The second-order valence-corrected chi connectivity index (χ2v) is 4.33. The Morgan fingerprint density at radius 2 is 2.11 bits per heavy atom. The van der Waals surface area contributed by atoms with Crippen molar-refractivity contribution in [1.29, 1.82) is 0 Å². The summed E-state index contributed by atoms with van der Waals surface area (Å²) in [6, 6.07) is 7.93. The van der Waals surface area contributed by atoms with Crippen molar-refractivity contribution < 1.29 is 13.7 Å². The van der Waals surface area contributed by atoms with Crippen molar-refractivity contribution in [3.63, 3.8) is 0 Å². The summed E-state index contributed by atoms with van der Waals surface area (Å²) in [5, 5.41) is 6.54. The average molecular weight is 262 g/mol. The number of nitrogens with zero attached hydrogens (tertiary/aromatic N) is 1. The third-order valence-corrected chi connectivity index (χ3v) is 2.70. The highest BCUT2D eigenvalue weighted by atomic mass is 19.1. The maximum absolute atomic E-state index is 12.7. The maximum Gasteiger partial charge on any atom is 0.220 e. The Morgan fingerprint density at radius 1 is 1.37 bits per heavy atom. The molecule has 1 amide bonds. The minimum Gasteiger partial charge on any atom is -0.361 e. The molecule has 100 valence electrons. The van der Waals surface area contributed by atoms with Crippen molar-refractivity contribution in [3.8, 4) is 0 Å². The van der Waals surface area contributed by atoms with Gasteiger partial charge in [0.1, 0.15) is 17.3 Å². The molecule has 1 aromatic heterocycles. The molecule has 0 aliphatic rings. The molecule has 1 aromatic carbocycles. The van der Waals surface area contributed by atoms with E-state index in [0.717, 1.165) is 11.3 Å². The van der Waals surface area contributed by atoms with Gasteiger partial charge in [-0.05, 0) is 31.0 Å². The van der Waals surface area contributed by atoms with Crippen LogP contribution < -0.4 is 5.32 Å². The van der Waals surface area contributed by atoms with Crippen LogP contribution in [0.2, 0.25) is 0 Å². The molecule has 0 atom stereocenters. The van der Waals surface area contributed by atoms with E-state index < -0.39 is 0 Å². The smallest absolute Gasteiger partial charge is 0.220 e. The molecular weight excluding hydrogens is 247 g/mol. The highest BCUT2D eigenvalue weighted by Crippen LogP contribution is 2.06. The summed E-state index contributed by atoms with van der Waals surface area (Å²) in [4.78, 5) is 11.6. The highest BCUT2D eigenvalue weighted by Gasteiger charge is 2.05. The Morgan fingerprint density at radius 3 is 2.74 bits per heavy atom. The zero-order chi connectivity index (χ0) is 13.7. The Balaban J connectivity index is 1.74. The third-order valence-electron chi connectivity index (χ3n) is 2.70. The first-order valence-corrected chi connectivity index (χ1v) is 6.07. The first-order valence-electron chi connectivity index (χ1n) is 6.07. The molecule has 0 saturated carbocycles. The predicted octanol–water partition coefficient (Wildman–Crippen LogP) is 2.37. The molecule has 1 heterocycles. The standard InChI is InChI=1S/C14H15FN2O2/c1-10-8-13(17-19-10)9-16-14(18)7-4-11-2-5-12(15)6-3-11/h2-3,5-6,8H,4,7,9H2,1H3,(H,16,18). The Hall–Kier alpha value is -2.17. The van der Waals surface area contributed by atoms with Crippen LogP contribution in [0.4, 0.5) is 4.39 Å². The van der Waals surface area contributed by atoms with Crippen LogP contribution in [0.1, 0.15) is 23.4 Å². The van der Waals surface area contributed by atoms with Gasteiger partial charge in [0.2, 0.25) is 5.91 Å². The Bertz CT molecular complexity index is 549. The number of aromatic nitrogens is 1. The van der Waals surface area contributed by atoms with Crippen LogP contribution in [0.25, 0.3) is 0 Å². The van der Waals surface area contributed by atoms with E-state index in [1.807, 2.05) is 0 Å². The zero-order valence-corrected chi connectivity index (χ0v) is 10.6. The summed E-state index contributed by atoms with van der Waals surface area (Å²) < 4.78 is 17.6. The van der Waals surface area contributed by atoms with Gasteiger partial charge in [-0.2, -0.15) is 0 Å². The summed E-state index contributed by atoms with van der Waals surface area (Å²) in [5.41, 5.74) is 1.64. The lowest BCUT2D eigenvalue weighted by molar-refractivity contribution is -0.121. The molecule has 0 unspecified atom stereocenters. The summed E-state index contributed by atoms with van der Waals surface area (Å²) in [6.07, 6.45) is 0.951. The summed E-state index contributed by atoms with van der Waals surface area (Å²) >= 11 is 0. The van der Waals surface area contributed by atoms with Gasteiger partial charge in [0.05, 0.1) is 6.54 Å². The number of halogens is 1. The van der Waals surface area contributed by atoms with E-state index in [9.17, 15) is 9.18 Å². The van der Waals surface area contributed by atoms with E-state index in [2.05, 4.69) is 10.5 Å². The van der Waals surface area contributed by atoms with Gasteiger partial charge in [0, 0.05) is 12.5 Å². The monoisotopic (exact) mass is 262 g/mol. The molecule has 0 aliphatic heterocycles. The largest absolute Gasteiger partial charge is 0.361 e. The fraction of sp³-hybridized carbons (Fsp3) is 0.286. The molecule has 19 heavy (non-hydrogen) atoms. The molecular formula is C14H15FN2O2. The number of carbonyl (C=O) groups excluding carboxylic acids is 1. The number of amides is 1. The quantitative estimate of drug-likeness (QED) is 0.900. The second kappa shape index (κ2) is 6.13. The molecule has 2 rings (SSSR count). The first-order chi connectivity index (χ1) is 9.13. The van der Waals surface area contributed by atoms with Gasteiger partial charge in [0.25, 0.3) is 0 Å². The van der Waals surface area contributed by atoms with Gasteiger partial charge in [-0.25, -0.2) is 4.39 Å². The highest BCUT2D eigenvalue weighted by molar-refractivity contribution is 5.76. The van der Waals surface area contributed by atoms with E-state index >= 15 is 0 Å². The van der Waals surface area contributed by atoms with Gasteiger partial charge in [-0.15, -0.1) is 0 Å². The molecule has 0 spiro atoms. The van der Waals surface area contributed by atoms with Crippen LogP contribution in [-0.2, 0) is 17.8 Å². The fourth-order valence-corrected chi connectivity index (χ4v) is 1.69. The number of nitrogens with one attached hydrogen (secondary N) is 1. The number of benzene rings is 1. The van der Waals surface area contributed by atoms with Gasteiger partial charge < -0.3 is 9.84 Å². The van der Waals surface area contributed by atoms with E-state index in [4.69, 9.17) is 4.52 Å². The van der Waals surface area contributed by atoms with Gasteiger partial charge >= 0.3 is 0 Å². The van der Waals surface area contributed by atoms with Gasteiger partial charge in [-0.1, -0.05) is 17.3 Å². The fourth-order valence-electron chi connectivity index (χ4n) is 1.69. The molecule has 1 N–H and O–H groups in total. The number of carbonyl (C=O) groups is 1. The number of hydrogen-bond acceptors (Lipinski definition) is 3. The van der Waals surface area contributed by atoms with Crippen molar-refractivity contribution in [1.82, 2.24) is 10.5 Å². The lowest BCUT2D eigenvalue weighted by atomic mass is 10.1. The van der Waals surface area contributed by atoms with Crippen molar-refractivity contribution in [2.24, 2.45) is 0 Å². The molecule has 2 aromatic rings. The molecule has 0 bridgehead atoms. The lowest BCUT2D eigenvalue weighted by Crippen LogP contribution is -2.23. The van der Waals surface area contributed by atoms with Crippen molar-refractivity contribution in [2.75, 3.05) is 0 Å². The molecule has 5 heteroatoms. The van der Waals surface area contributed by atoms with E-state index in [0.29, 0.717) is 25.1 Å². The first kappa shape index (κ1) is 13.3. The average Bonchev–Trinajstić information content (AvgIpc) is 2.81. The third kappa shape index (κ3) is 4.21. The van der Waals surface area contributed by atoms with Crippen LogP contribution in [0, 0.1) is 12.7 Å². The maximum atomic E-state index is 12.7. The van der Waals surface area contributed by atoms with E-state index in [1.165, 1.54) is 12.1 Å². The van der Waals surface area contributed by atoms with Gasteiger partial charge in [-0.3, -0.25) is 4.79 Å². The normalized spacial score (nSPS) is 10.4. The summed E-state index contributed by atoms with van der Waals surface area (Å²) in [7, 11) is 0. The van der Waals surface area contributed by atoms with Crippen LogP contribution >= 0.6 is 0 Å². The minimum absolute atomic E-state index is 0.0648.